The highest BCUT2D eigenvalue weighted by Gasteiger charge is 2.31. The Morgan fingerprint density at radius 1 is 1.29 bits per heavy atom. The van der Waals surface area contributed by atoms with Crippen molar-refractivity contribution >= 4 is 24.3 Å². The van der Waals surface area contributed by atoms with E-state index in [-0.39, 0.29) is 11.7 Å². The fourth-order valence-electron chi connectivity index (χ4n) is 1.12. The summed E-state index contributed by atoms with van der Waals surface area (Å²) in [5, 5.41) is 2.69. The second kappa shape index (κ2) is 5.39. The Kier molecular flexibility index (Phi) is 5.19. The van der Waals surface area contributed by atoms with Gasteiger partial charge in [-0.25, -0.2) is 0 Å². The standard InChI is InChI=1S/C10H19NO2S/c1-5-7(12)9(10(3,4)14)11-8(13)6-2/h9,14H,5-6H2,1-4H3,(H,11,13). The topological polar surface area (TPSA) is 46.2 Å². The number of carbonyl (C=O) groups excluding carboxylic acids is 2. The third-order valence-corrected chi connectivity index (χ3v) is 2.26. The summed E-state index contributed by atoms with van der Waals surface area (Å²) >= 11 is 4.32. The molecule has 0 aliphatic heterocycles. The molecule has 82 valence electrons. The number of nitrogens with one attached hydrogen (secondary N) is 1. The van der Waals surface area contributed by atoms with Crippen molar-refractivity contribution in [2.45, 2.75) is 51.3 Å². The van der Waals surface area contributed by atoms with Crippen LogP contribution < -0.4 is 5.32 Å². The van der Waals surface area contributed by atoms with Gasteiger partial charge in [0.2, 0.25) is 5.91 Å². The molecule has 1 atom stereocenters. The molecule has 0 radical (unpaired) electrons. The molecule has 0 rings (SSSR count). The van der Waals surface area contributed by atoms with E-state index in [1.165, 1.54) is 0 Å². The zero-order valence-electron chi connectivity index (χ0n) is 9.26. The number of thiol groups is 1. The second-order valence-corrected chi connectivity index (χ2v) is 4.98. The number of ketones is 1. The second-order valence-electron chi connectivity index (χ2n) is 3.83. The summed E-state index contributed by atoms with van der Waals surface area (Å²) < 4.78 is -0.516. The minimum Gasteiger partial charge on any atom is -0.345 e. The fourth-order valence-corrected chi connectivity index (χ4v) is 1.33. The maximum atomic E-state index is 11.5. The molecule has 1 amide bonds. The van der Waals surface area contributed by atoms with Crippen molar-refractivity contribution in [2.75, 3.05) is 0 Å². The van der Waals surface area contributed by atoms with Gasteiger partial charge in [-0.05, 0) is 13.8 Å². The van der Waals surface area contributed by atoms with Crippen molar-refractivity contribution in [3.8, 4) is 0 Å². The highest BCUT2D eigenvalue weighted by atomic mass is 32.1. The van der Waals surface area contributed by atoms with E-state index in [9.17, 15) is 9.59 Å². The van der Waals surface area contributed by atoms with E-state index >= 15 is 0 Å². The van der Waals surface area contributed by atoms with Gasteiger partial charge in [-0.2, -0.15) is 12.6 Å². The lowest BCUT2D eigenvalue weighted by molar-refractivity contribution is -0.128. The molecule has 0 aliphatic carbocycles. The molecule has 0 bridgehead atoms. The molecule has 0 aromatic carbocycles. The van der Waals surface area contributed by atoms with Crippen LogP contribution in [0.1, 0.15) is 40.5 Å². The zero-order valence-corrected chi connectivity index (χ0v) is 10.1. The number of amides is 1. The SMILES string of the molecule is CCC(=O)NC(C(=O)CC)C(C)(C)S. The van der Waals surface area contributed by atoms with Gasteiger partial charge in [-0.1, -0.05) is 13.8 Å². The minimum atomic E-state index is -0.516. The van der Waals surface area contributed by atoms with Gasteiger partial charge in [0, 0.05) is 17.6 Å². The number of hydrogen-bond donors (Lipinski definition) is 2. The number of hydrogen-bond acceptors (Lipinski definition) is 3. The van der Waals surface area contributed by atoms with Gasteiger partial charge in [-0.15, -0.1) is 0 Å². The van der Waals surface area contributed by atoms with Crippen LogP contribution in [0.2, 0.25) is 0 Å². The Balaban J connectivity index is 4.58. The fraction of sp³-hybridized carbons (Fsp3) is 0.800. The van der Waals surface area contributed by atoms with Gasteiger partial charge in [0.25, 0.3) is 0 Å². The number of Topliss-reactive ketones (excluding diaryl/α,β-unsaturated/α-hetero) is 1. The first-order valence-corrected chi connectivity index (χ1v) is 5.32. The number of rotatable bonds is 5. The quantitative estimate of drug-likeness (QED) is 0.687. The van der Waals surface area contributed by atoms with Crippen LogP contribution >= 0.6 is 12.6 Å². The average Bonchev–Trinajstić information content (AvgIpc) is 2.10. The molecule has 0 fully saturated rings. The predicted molar refractivity (Wildman–Crippen MR) is 60.6 cm³/mol. The molecular weight excluding hydrogens is 198 g/mol. The van der Waals surface area contributed by atoms with E-state index in [2.05, 4.69) is 17.9 Å². The third kappa shape index (κ3) is 4.13. The van der Waals surface area contributed by atoms with Crippen molar-refractivity contribution < 1.29 is 9.59 Å². The van der Waals surface area contributed by atoms with E-state index in [4.69, 9.17) is 0 Å². The normalized spacial score (nSPS) is 13.5. The van der Waals surface area contributed by atoms with Crippen LogP contribution in [-0.4, -0.2) is 22.5 Å². The molecule has 14 heavy (non-hydrogen) atoms. The van der Waals surface area contributed by atoms with Gasteiger partial charge in [0.15, 0.2) is 5.78 Å². The molecule has 0 spiro atoms. The van der Waals surface area contributed by atoms with Crippen LogP contribution in [0.25, 0.3) is 0 Å². The monoisotopic (exact) mass is 217 g/mol. The Bertz CT molecular complexity index is 221. The van der Waals surface area contributed by atoms with Crippen LogP contribution in [0.4, 0.5) is 0 Å². The van der Waals surface area contributed by atoms with Gasteiger partial charge in [0.1, 0.15) is 6.04 Å². The molecule has 1 N–H and O–H groups in total. The van der Waals surface area contributed by atoms with Gasteiger partial charge in [0.05, 0.1) is 0 Å². The molecule has 0 aliphatic rings. The molecule has 1 unspecified atom stereocenters. The molecule has 0 aromatic heterocycles. The maximum Gasteiger partial charge on any atom is 0.220 e. The predicted octanol–water partition coefficient (Wildman–Crippen LogP) is 1.57. The van der Waals surface area contributed by atoms with Crippen LogP contribution in [0.5, 0.6) is 0 Å². The molecular formula is C10H19NO2S. The summed E-state index contributed by atoms with van der Waals surface area (Å²) in [6.45, 7) is 7.19. The van der Waals surface area contributed by atoms with E-state index < -0.39 is 10.8 Å². The van der Waals surface area contributed by atoms with Crippen molar-refractivity contribution in [3.63, 3.8) is 0 Å². The highest BCUT2D eigenvalue weighted by Crippen LogP contribution is 2.19. The molecule has 0 heterocycles. The summed E-state index contributed by atoms with van der Waals surface area (Å²) in [5.41, 5.74) is 0. The lowest BCUT2D eigenvalue weighted by Gasteiger charge is -2.29. The summed E-state index contributed by atoms with van der Waals surface area (Å²) in [5.74, 6) is -0.0919. The van der Waals surface area contributed by atoms with Gasteiger partial charge in [-0.3, -0.25) is 9.59 Å². The van der Waals surface area contributed by atoms with E-state index in [0.717, 1.165) is 0 Å². The largest absolute Gasteiger partial charge is 0.345 e. The van der Waals surface area contributed by atoms with Crippen molar-refractivity contribution in [1.29, 1.82) is 0 Å². The lowest BCUT2D eigenvalue weighted by Crippen LogP contribution is -2.51. The van der Waals surface area contributed by atoms with Crippen molar-refractivity contribution in [2.24, 2.45) is 0 Å². The van der Waals surface area contributed by atoms with E-state index in [0.29, 0.717) is 12.8 Å². The van der Waals surface area contributed by atoms with Crippen LogP contribution in [-0.2, 0) is 9.59 Å². The molecule has 0 aromatic rings. The van der Waals surface area contributed by atoms with E-state index in [1.807, 2.05) is 13.8 Å². The Morgan fingerprint density at radius 3 is 2.07 bits per heavy atom. The molecule has 4 heteroatoms. The minimum absolute atomic E-state index is 0.0202. The molecule has 0 saturated carbocycles. The Labute approximate surface area is 91.1 Å². The Morgan fingerprint density at radius 2 is 1.79 bits per heavy atom. The molecule has 3 nitrogen and oxygen atoms in total. The highest BCUT2D eigenvalue weighted by molar-refractivity contribution is 7.81. The zero-order chi connectivity index (χ0) is 11.4. The summed E-state index contributed by atoms with van der Waals surface area (Å²) in [4.78, 5) is 22.7. The lowest BCUT2D eigenvalue weighted by atomic mass is 9.97. The summed E-state index contributed by atoms with van der Waals surface area (Å²) in [6.07, 6.45) is 0.802. The Hall–Kier alpha value is -0.510. The molecule has 0 saturated heterocycles. The maximum absolute atomic E-state index is 11.5. The van der Waals surface area contributed by atoms with E-state index in [1.54, 1.807) is 13.8 Å². The van der Waals surface area contributed by atoms with Gasteiger partial charge >= 0.3 is 0 Å². The van der Waals surface area contributed by atoms with Gasteiger partial charge < -0.3 is 5.32 Å². The van der Waals surface area contributed by atoms with Crippen LogP contribution in [0, 0.1) is 0 Å². The summed E-state index contributed by atoms with van der Waals surface area (Å²) in [7, 11) is 0. The third-order valence-electron chi connectivity index (χ3n) is 2.00. The average molecular weight is 217 g/mol. The van der Waals surface area contributed by atoms with Crippen LogP contribution in [0.15, 0.2) is 0 Å². The van der Waals surface area contributed by atoms with Crippen molar-refractivity contribution in [1.82, 2.24) is 5.32 Å². The first-order chi connectivity index (χ1) is 6.32. The van der Waals surface area contributed by atoms with Crippen molar-refractivity contribution in [3.05, 3.63) is 0 Å². The summed E-state index contributed by atoms with van der Waals surface area (Å²) in [6, 6.07) is -0.497. The smallest absolute Gasteiger partial charge is 0.220 e. The first-order valence-electron chi connectivity index (χ1n) is 4.87. The van der Waals surface area contributed by atoms with Crippen LogP contribution in [0.3, 0.4) is 0 Å². The first kappa shape index (κ1) is 13.5. The number of carbonyl (C=O) groups is 2.